The van der Waals surface area contributed by atoms with Crippen molar-refractivity contribution >= 4 is 46.9 Å². The number of aromatic nitrogens is 3. The highest BCUT2D eigenvalue weighted by atomic mass is 35.5. The lowest BCUT2D eigenvalue weighted by Crippen LogP contribution is -2.22. The lowest BCUT2D eigenvalue weighted by Gasteiger charge is -2.11. The molecule has 2 N–H and O–H groups in total. The van der Waals surface area contributed by atoms with Gasteiger partial charge in [-0.25, -0.2) is 0 Å². The minimum Gasteiger partial charge on any atom is -0.493 e. The van der Waals surface area contributed by atoms with Crippen LogP contribution in [0.4, 0.5) is 18.9 Å². The van der Waals surface area contributed by atoms with Crippen molar-refractivity contribution in [2.24, 2.45) is 7.05 Å². The van der Waals surface area contributed by atoms with E-state index >= 15 is 0 Å². The molecule has 2 amide bonds. The summed E-state index contributed by atoms with van der Waals surface area (Å²) in [4.78, 5) is 24.5. The Morgan fingerprint density at radius 3 is 2.53 bits per heavy atom. The van der Waals surface area contributed by atoms with Crippen LogP contribution < -0.4 is 20.1 Å². The number of methoxy groups -OCH3 is 2. The molecule has 0 saturated carbocycles. The third-order valence-electron chi connectivity index (χ3n) is 5.08. The molecule has 0 radical (unpaired) electrons. The summed E-state index contributed by atoms with van der Waals surface area (Å²) in [6.07, 6.45) is -1.59. The van der Waals surface area contributed by atoms with E-state index in [-0.39, 0.29) is 28.9 Å². The number of anilines is 1. The number of benzene rings is 2. The molecule has 1 aromatic heterocycles. The Hall–Kier alpha value is -3.71. The number of nitrogens with one attached hydrogen (secondary N) is 2. The maximum atomic E-state index is 12.9. The van der Waals surface area contributed by atoms with Gasteiger partial charge in [0.2, 0.25) is 11.8 Å². The lowest BCUT2D eigenvalue weighted by atomic mass is 10.2. The van der Waals surface area contributed by atoms with Gasteiger partial charge in [0, 0.05) is 13.1 Å². The minimum atomic E-state index is -4.57. The molecule has 3 aromatic rings. The van der Waals surface area contributed by atoms with Crippen LogP contribution in [0.5, 0.6) is 11.5 Å². The first kappa shape index (κ1) is 28.9. The van der Waals surface area contributed by atoms with Gasteiger partial charge in [-0.15, -0.1) is 10.2 Å². The van der Waals surface area contributed by atoms with E-state index in [2.05, 4.69) is 20.8 Å². The van der Waals surface area contributed by atoms with E-state index in [0.29, 0.717) is 22.5 Å². The fourth-order valence-corrected chi connectivity index (χ4v) is 3.99. The molecule has 3 rings (SSSR count). The molecule has 1 heterocycles. The van der Waals surface area contributed by atoms with Gasteiger partial charge in [-0.05, 0) is 42.0 Å². The molecule has 0 atom stereocenters. The van der Waals surface area contributed by atoms with Crippen molar-refractivity contribution in [3.05, 3.63) is 64.4 Å². The molecular weight excluding hydrogens is 547 g/mol. The highest BCUT2D eigenvalue weighted by Crippen LogP contribution is 2.34. The smallest absolute Gasteiger partial charge is 0.416 e. The maximum Gasteiger partial charge on any atom is 0.416 e. The van der Waals surface area contributed by atoms with Gasteiger partial charge in [-0.3, -0.25) is 9.59 Å². The van der Waals surface area contributed by atoms with Crippen molar-refractivity contribution in [2.75, 3.05) is 25.3 Å². The number of amides is 2. The molecule has 0 bridgehead atoms. The average Bonchev–Trinajstić information content (AvgIpc) is 3.24. The van der Waals surface area contributed by atoms with Gasteiger partial charge in [0.05, 0.1) is 42.8 Å². The summed E-state index contributed by atoms with van der Waals surface area (Å²) in [7, 11) is 4.71. The topological polar surface area (TPSA) is 107 Å². The number of nitrogens with zero attached hydrogens (tertiary/aromatic N) is 3. The van der Waals surface area contributed by atoms with Crippen LogP contribution in [-0.2, 0) is 29.4 Å². The van der Waals surface area contributed by atoms with Crippen molar-refractivity contribution in [3.63, 3.8) is 0 Å². The lowest BCUT2D eigenvalue weighted by molar-refractivity contribution is -0.137. The Balaban J connectivity index is 1.52. The molecule has 14 heteroatoms. The quantitative estimate of drug-likeness (QED) is 0.272. The molecule has 0 aliphatic heterocycles. The Morgan fingerprint density at radius 1 is 1.11 bits per heavy atom. The second kappa shape index (κ2) is 12.7. The zero-order chi connectivity index (χ0) is 27.9. The predicted molar refractivity (Wildman–Crippen MR) is 137 cm³/mol. The third-order valence-corrected chi connectivity index (χ3v) is 6.43. The number of alkyl halides is 3. The van der Waals surface area contributed by atoms with Crippen molar-refractivity contribution in [1.82, 2.24) is 20.1 Å². The van der Waals surface area contributed by atoms with Gasteiger partial charge in [0.1, 0.15) is 0 Å². The largest absolute Gasteiger partial charge is 0.493 e. The van der Waals surface area contributed by atoms with E-state index in [4.69, 9.17) is 21.1 Å². The number of rotatable bonds is 10. The van der Waals surface area contributed by atoms with Gasteiger partial charge in [-0.2, -0.15) is 13.2 Å². The molecule has 202 valence electrons. The van der Waals surface area contributed by atoms with Crippen LogP contribution in [0.25, 0.3) is 6.08 Å². The summed E-state index contributed by atoms with van der Waals surface area (Å²) in [5.41, 5.74) is -0.335. The number of carbonyl (C=O) groups is 2. The van der Waals surface area contributed by atoms with E-state index in [1.165, 1.54) is 20.3 Å². The van der Waals surface area contributed by atoms with Crippen LogP contribution in [-0.4, -0.2) is 46.6 Å². The molecule has 0 aliphatic rings. The number of hydrogen-bond acceptors (Lipinski definition) is 7. The molecule has 38 heavy (non-hydrogen) atoms. The Kier molecular flexibility index (Phi) is 9.64. The zero-order valence-corrected chi connectivity index (χ0v) is 22.0. The molecule has 0 spiro atoms. The highest BCUT2D eigenvalue weighted by Gasteiger charge is 2.31. The van der Waals surface area contributed by atoms with Crippen molar-refractivity contribution < 1.29 is 32.2 Å². The summed E-state index contributed by atoms with van der Waals surface area (Å²) in [5, 5.41) is 13.4. The van der Waals surface area contributed by atoms with Gasteiger partial charge in [0.25, 0.3) is 0 Å². The number of hydrogen-bond donors (Lipinski definition) is 2. The monoisotopic (exact) mass is 569 g/mol. The first-order chi connectivity index (χ1) is 18.0. The molecule has 0 unspecified atom stereocenters. The molecule has 0 saturated heterocycles. The maximum absolute atomic E-state index is 12.9. The molecule has 2 aromatic carbocycles. The highest BCUT2D eigenvalue weighted by molar-refractivity contribution is 7.99. The first-order valence-corrected chi connectivity index (χ1v) is 12.2. The molecule has 0 aliphatic carbocycles. The number of ether oxygens (including phenoxy) is 2. The summed E-state index contributed by atoms with van der Waals surface area (Å²) in [6.45, 7) is 0.0746. The second-order valence-corrected chi connectivity index (χ2v) is 9.00. The normalized spacial score (nSPS) is 11.4. The van der Waals surface area contributed by atoms with E-state index in [9.17, 15) is 22.8 Å². The Labute approximate surface area is 225 Å². The molecule has 0 fully saturated rings. The van der Waals surface area contributed by atoms with Gasteiger partial charge in [0.15, 0.2) is 22.5 Å². The summed E-state index contributed by atoms with van der Waals surface area (Å²) >= 11 is 6.94. The fourth-order valence-electron chi connectivity index (χ4n) is 3.09. The summed E-state index contributed by atoms with van der Waals surface area (Å²) in [5.74, 6) is 0.442. The van der Waals surface area contributed by atoms with Crippen LogP contribution in [0, 0.1) is 0 Å². The van der Waals surface area contributed by atoms with Gasteiger partial charge >= 0.3 is 6.18 Å². The van der Waals surface area contributed by atoms with Crippen LogP contribution in [0.3, 0.4) is 0 Å². The van der Waals surface area contributed by atoms with E-state index in [0.717, 1.165) is 35.5 Å². The van der Waals surface area contributed by atoms with E-state index in [1.54, 1.807) is 35.9 Å². The SMILES string of the molecule is COc1ccc(C=CC(=O)NCc2nnc(SCC(=O)Nc3cc(C(F)(F)F)ccc3Cl)n2C)cc1OC. The number of thioether (sulfide) groups is 1. The van der Waals surface area contributed by atoms with Crippen molar-refractivity contribution in [2.45, 2.75) is 17.9 Å². The summed E-state index contributed by atoms with van der Waals surface area (Å²) in [6, 6.07) is 7.90. The van der Waals surface area contributed by atoms with Crippen LogP contribution in [0.1, 0.15) is 17.0 Å². The molecule has 9 nitrogen and oxygen atoms in total. The van der Waals surface area contributed by atoms with Crippen molar-refractivity contribution in [1.29, 1.82) is 0 Å². The molecular formula is C24H23ClF3N5O4S. The number of halogens is 4. The van der Waals surface area contributed by atoms with E-state index in [1.807, 2.05) is 0 Å². The van der Waals surface area contributed by atoms with Gasteiger partial charge < -0.3 is 24.7 Å². The predicted octanol–water partition coefficient (Wildman–Crippen LogP) is 4.56. The number of carbonyl (C=O) groups excluding carboxylic acids is 2. The second-order valence-electron chi connectivity index (χ2n) is 7.65. The van der Waals surface area contributed by atoms with Crippen molar-refractivity contribution in [3.8, 4) is 11.5 Å². The standard InChI is InChI=1S/C24H23ClF3N5O4S/c1-33-20(12-29-21(34)9-5-14-4-8-18(36-2)19(10-14)37-3)31-32-23(33)38-13-22(35)30-17-11-15(24(26,27)28)6-7-16(17)25/h4-11H,12-13H2,1-3H3,(H,29,34)(H,30,35). The fraction of sp³-hybridized carbons (Fsp3) is 0.250. The van der Waals surface area contributed by atoms with Crippen LogP contribution in [0.15, 0.2) is 47.6 Å². The van der Waals surface area contributed by atoms with Crippen LogP contribution >= 0.6 is 23.4 Å². The third kappa shape index (κ3) is 7.65. The first-order valence-electron chi connectivity index (χ1n) is 10.9. The zero-order valence-electron chi connectivity index (χ0n) is 20.4. The van der Waals surface area contributed by atoms with Crippen LogP contribution in [0.2, 0.25) is 5.02 Å². The Bertz CT molecular complexity index is 1350. The van der Waals surface area contributed by atoms with E-state index < -0.39 is 17.6 Å². The minimum absolute atomic E-state index is 0.0202. The summed E-state index contributed by atoms with van der Waals surface area (Å²) < 4.78 is 50.8. The average molecular weight is 570 g/mol. The van der Waals surface area contributed by atoms with Gasteiger partial charge in [-0.1, -0.05) is 29.4 Å². The Morgan fingerprint density at radius 2 is 1.84 bits per heavy atom.